The molecular weight excluding hydrogens is 390 g/mol. The fourth-order valence-electron chi connectivity index (χ4n) is 2.83. The summed E-state index contributed by atoms with van der Waals surface area (Å²) in [5.41, 5.74) is 0.861. The molecule has 30 heavy (non-hydrogen) atoms. The number of hydrogen-bond acceptors (Lipinski definition) is 6. The van der Waals surface area contributed by atoms with Crippen LogP contribution in [0.25, 0.3) is 0 Å². The van der Waals surface area contributed by atoms with Crippen molar-refractivity contribution in [2.75, 3.05) is 19.8 Å². The number of rotatable bonds is 11. The van der Waals surface area contributed by atoms with Crippen molar-refractivity contribution in [2.24, 2.45) is 0 Å². The van der Waals surface area contributed by atoms with Gasteiger partial charge in [0, 0.05) is 12.0 Å². The zero-order valence-corrected chi connectivity index (χ0v) is 17.3. The van der Waals surface area contributed by atoms with Crippen LogP contribution in [0.15, 0.2) is 36.4 Å². The molecule has 1 unspecified atom stereocenters. The third-order valence-electron chi connectivity index (χ3n) is 4.15. The number of phenolic OH excluding ortho intramolecular Hbond substituents is 1. The summed E-state index contributed by atoms with van der Waals surface area (Å²) >= 11 is 0. The molecule has 1 amide bonds. The van der Waals surface area contributed by atoms with E-state index in [0.717, 1.165) is 0 Å². The topological polar surface area (TPSA) is 114 Å². The van der Waals surface area contributed by atoms with Crippen LogP contribution in [0.5, 0.6) is 23.0 Å². The third-order valence-corrected chi connectivity index (χ3v) is 4.15. The van der Waals surface area contributed by atoms with E-state index in [-0.39, 0.29) is 17.7 Å². The van der Waals surface area contributed by atoms with Gasteiger partial charge in [-0.15, -0.1) is 0 Å². The number of carbonyl (C=O) groups excluding carboxylic acids is 1. The normalized spacial score (nSPS) is 11.4. The average molecular weight is 417 g/mol. The average Bonchev–Trinajstić information content (AvgIpc) is 2.71. The number of carbonyl (C=O) groups is 2. The lowest BCUT2D eigenvalue weighted by Gasteiger charge is -2.18. The molecule has 3 N–H and O–H groups in total. The van der Waals surface area contributed by atoms with Crippen molar-refractivity contribution in [3.8, 4) is 23.0 Å². The number of hydrogen-bond donors (Lipinski definition) is 3. The summed E-state index contributed by atoms with van der Waals surface area (Å²) < 4.78 is 16.8. The van der Waals surface area contributed by atoms with Gasteiger partial charge in [0.2, 0.25) is 5.75 Å². The van der Waals surface area contributed by atoms with Gasteiger partial charge < -0.3 is 29.7 Å². The molecule has 0 spiro atoms. The number of phenols is 1. The van der Waals surface area contributed by atoms with Crippen molar-refractivity contribution in [2.45, 2.75) is 33.2 Å². The lowest BCUT2D eigenvalue weighted by Crippen LogP contribution is -2.42. The fourth-order valence-corrected chi connectivity index (χ4v) is 2.83. The minimum absolute atomic E-state index is 0.0645. The second-order valence-electron chi connectivity index (χ2n) is 6.34. The third kappa shape index (κ3) is 6.04. The molecule has 1 atom stereocenters. The molecule has 0 saturated carbocycles. The van der Waals surface area contributed by atoms with Crippen molar-refractivity contribution >= 4 is 11.9 Å². The Balaban J connectivity index is 2.30. The molecule has 8 nitrogen and oxygen atoms in total. The van der Waals surface area contributed by atoms with E-state index in [1.54, 1.807) is 26.0 Å². The van der Waals surface area contributed by atoms with Crippen LogP contribution in [0, 0.1) is 0 Å². The largest absolute Gasteiger partial charge is 0.508 e. The van der Waals surface area contributed by atoms with Gasteiger partial charge >= 0.3 is 5.97 Å². The van der Waals surface area contributed by atoms with Crippen molar-refractivity contribution in [3.05, 3.63) is 47.5 Å². The molecule has 0 bridgehead atoms. The first-order valence-corrected chi connectivity index (χ1v) is 9.77. The molecule has 0 aliphatic carbocycles. The number of benzene rings is 2. The number of aromatic hydroxyl groups is 1. The van der Waals surface area contributed by atoms with E-state index in [2.05, 4.69) is 5.32 Å². The van der Waals surface area contributed by atoms with Gasteiger partial charge in [-0.3, -0.25) is 4.79 Å². The first-order chi connectivity index (χ1) is 14.4. The van der Waals surface area contributed by atoms with E-state index >= 15 is 0 Å². The Labute approximate surface area is 175 Å². The fraction of sp³-hybridized carbons (Fsp3) is 0.364. The van der Waals surface area contributed by atoms with Gasteiger partial charge in [0.05, 0.1) is 19.8 Å². The predicted molar refractivity (Wildman–Crippen MR) is 111 cm³/mol. The van der Waals surface area contributed by atoms with Crippen molar-refractivity contribution in [3.63, 3.8) is 0 Å². The van der Waals surface area contributed by atoms with Crippen LogP contribution in [-0.2, 0) is 11.2 Å². The zero-order valence-electron chi connectivity index (χ0n) is 17.3. The summed E-state index contributed by atoms with van der Waals surface area (Å²) in [6.07, 6.45) is 0.0645. The predicted octanol–water partition coefficient (Wildman–Crippen LogP) is 3.01. The maximum atomic E-state index is 12.8. The standard InChI is InChI=1S/C22H27NO7/c1-4-28-18-12-15(13-19(29-5-2)20(18)30-6-3)21(25)23-17(22(26)27)11-14-7-9-16(24)10-8-14/h7-10,12-13,17,24H,4-6,11H2,1-3H3,(H,23,25)(H,26,27). The van der Waals surface area contributed by atoms with Gasteiger partial charge in [0.15, 0.2) is 11.5 Å². The molecule has 0 radical (unpaired) electrons. The molecule has 0 aromatic heterocycles. The minimum Gasteiger partial charge on any atom is -0.508 e. The van der Waals surface area contributed by atoms with Crippen LogP contribution >= 0.6 is 0 Å². The smallest absolute Gasteiger partial charge is 0.326 e. The van der Waals surface area contributed by atoms with Gasteiger partial charge in [-0.1, -0.05) is 12.1 Å². The molecule has 162 valence electrons. The molecule has 2 rings (SSSR count). The molecule has 0 heterocycles. The van der Waals surface area contributed by atoms with Crippen LogP contribution in [0.3, 0.4) is 0 Å². The highest BCUT2D eigenvalue weighted by Gasteiger charge is 2.24. The quantitative estimate of drug-likeness (QED) is 0.515. The molecule has 2 aromatic rings. The van der Waals surface area contributed by atoms with E-state index in [1.807, 2.05) is 6.92 Å². The van der Waals surface area contributed by atoms with Crippen LogP contribution in [-0.4, -0.2) is 48.0 Å². The molecular formula is C22H27NO7. The Morgan fingerprint density at radius 1 is 0.933 bits per heavy atom. The maximum Gasteiger partial charge on any atom is 0.326 e. The minimum atomic E-state index is -1.17. The molecule has 2 aromatic carbocycles. The summed E-state index contributed by atoms with van der Waals surface area (Å²) in [7, 11) is 0. The van der Waals surface area contributed by atoms with E-state index < -0.39 is 17.9 Å². The highest BCUT2D eigenvalue weighted by atomic mass is 16.5. The number of amides is 1. The highest BCUT2D eigenvalue weighted by molar-refractivity contribution is 5.97. The van der Waals surface area contributed by atoms with Crippen molar-refractivity contribution in [1.29, 1.82) is 0 Å². The van der Waals surface area contributed by atoms with E-state index in [4.69, 9.17) is 14.2 Å². The van der Waals surface area contributed by atoms with Gasteiger partial charge in [-0.2, -0.15) is 0 Å². The summed E-state index contributed by atoms with van der Waals surface area (Å²) in [5, 5.41) is 21.5. The van der Waals surface area contributed by atoms with E-state index in [0.29, 0.717) is 42.6 Å². The van der Waals surface area contributed by atoms with Crippen LogP contribution in [0.1, 0.15) is 36.7 Å². The number of carboxylic acid groups (broad SMARTS) is 1. The molecule has 0 saturated heterocycles. The van der Waals surface area contributed by atoms with Crippen LogP contribution in [0.2, 0.25) is 0 Å². The molecule has 0 aliphatic heterocycles. The number of nitrogens with one attached hydrogen (secondary N) is 1. The van der Waals surface area contributed by atoms with Gasteiger partial charge in [-0.25, -0.2) is 4.79 Å². The Morgan fingerprint density at radius 3 is 1.93 bits per heavy atom. The summed E-state index contributed by atoms with van der Waals surface area (Å²) in [6.45, 7) is 6.54. The number of aliphatic carboxylic acids is 1. The Bertz CT molecular complexity index is 837. The second-order valence-corrected chi connectivity index (χ2v) is 6.34. The Hall–Kier alpha value is -3.42. The number of carboxylic acids is 1. The molecule has 8 heteroatoms. The summed E-state index contributed by atoms with van der Waals surface area (Å²) in [5.74, 6) is -0.571. The molecule has 0 aliphatic rings. The number of ether oxygens (including phenoxy) is 3. The monoisotopic (exact) mass is 417 g/mol. The first-order valence-electron chi connectivity index (χ1n) is 9.77. The lowest BCUT2D eigenvalue weighted by molar-refractivity contribution is -0.139. The zero-order chi connectivity index (χ0) is 22.1. The van der Waals surface area contributed by atoms with E-state index in [1.165, 1.54) is 24.3 Å². The summed E-state index contributed by atoms with van der Waals surface area (Å²) in [4.78, 5) is 24.5. The SMILES string of the molecule is CCOc1cc(C(=O)NC(Cc2ccc(O)cc2)C(=O)O)cc(OCC)c1OCC. The summed E-state index contributed by atoms with van der Waals surface area (Å²) in [6, 6.07) is 8.00. The van der Waals surface area contributed by atoms with Gasteiger partial charge in [0.25, 0.3) is 5.91 Å². The van der Waals surface area contributed by atoms with Gasteiger partial charge in [-0.05, 0) is 50.6 Å². The van der Waals surface area contributed by atoms with E-state index in [9.17, 15) is 19.8 Å². The second kappa shape index (κ2) is 10.9. The molecule has 0 fully saturated rings. The van der Waals surface area contributed by atoms with Crippen molar-refractivity contribution in [1.82, 2.24) is 5.32 Å². The highest BCUT2D eigenvalue weighted by Crippen LogP contribution is 2.39. The van der Waals surface area contributed by atoms with Gasteiger partial charge in [0.1, 0.15) is 11.8 Å². The first kappa shape index (κ1) is 22.9. The maximum absolute atomic E-state index is 12.8. The Morgan fingerprint density at radius 2 is 1.47 bits per heavy atom. The lowest BCUT2D eigenvalue weighted by atomic mass is 10.0. The Kier molecular flexibility index (Phi) is 8.34. The van der Waals surface area contributed by atoms with Crippen molar-refractivity contribution < 1.29 is 34.0 Å². The van der Waals surface area contributed by atoms with Crippen LogP contribution < -0.4 is 19.5 Å². The van der Waals surface area contributed by atoms with Crippen LogP contribution in [0.4, 0.5) is 0 Å².